The molecule has 0 spiro atoms. The second kappa shape index (κ2) is 10.7. The van der Waals surface area contributed by atoms with Crippen molar-refractivity contribution in [2.24, 2.45) is 0 Å². The maximum atomic E-state index is 11.5. The minimum Gasteiger partial charge on any atom is -0.497 e. The number of carbonyl (C=O) groups excluding carboxylic acids is 1. The number of benzene rings is 2. The molecule has 174 valence electrons. The number of thioether (sulfide) groups is 1. The van der Waals surface area contributed by atoms with E-state index in [9.17, 15) is 4.79 Å². The maximum Gasteiger partial charge on any atom is 0.411 e. The highest BCUT2D eigenvalue weighted by Crippen LogP contribution is 2.38. The van der Waals surface area contributed by atoms with Crippen molar-refractivity contribution >= 4 is 23.5 Å². The number of imidazole rings is 1. The number of anilines is 1. The summed E-state index contributed by atoms with van der Waals surface area (Å²) in [6.45, 7) is 3.08. The van der Waals surface area contributed by atoms with Crippen molar-refractivity contribution in [1.29, 1.82) is 0 Å². The number of aromatic nitrogens is 2. The minimum absolute atomic E-state index is 0.0852. The van der Waals surface area contributed by atoms with Crippen molar-refractivity contribution in [1.82, 2.24) is 9.55 Å². The third kappa shape index (κ3) is 5.87. The lowest BCUT2D eigenvalue weighted by atomic mass is 10.1. The van der Waals surface area contributed by atoms with Crippen LogP contribution in [0.15, 0.2) is 72.1 Å². The molecule has 8 nitrogen and oxygen atoms in total. The quantitative estimate of drug-likeness (QED) is 0.461. The fourth-order valence-electron chi connectivity index (χ4n) is 3.55. The van der Waals surface area contributed by atoms with Gasteiger partial charge in [-0.3, -0.25) is 5.32 Å². The van der Waals surface area contributed by atoms with E-state index < -0.39 is 11.9 Å². The van der Waals surface area contributed by atoms with Gasteiger partial charge in [0.2, 0.25) is 5.79 Å². The number of hydrogen-bond acceptors (Lipinski definition) is 7. The molecule has 1 unspecified atom stereocenters. The van der Waals surface area contributed by atoms with E-state index in [1.165, 1.54) is 0 Å². The SMILES string of the molecule is CCOC(=O)Nc1ccc(SCC2CO[C@@](Cn3ccnc3)(c3ccc(OC)cc3)O2)cc1. The standard InChI is InChI=1S/C24H27N3O5S/c1-3-30-23(28)26-19-6-10-22(11-7-19)33-15-21-14-31-24(32-21,16-27-13-12-25-17-27)18-4-8-20(29-2)9-5-18/h4-13,17,21H,3,14-16H2,1-2H3,(H,26,28)/t21?,24-/m1/s1. The molecule has 0 radical (unpaired) electrons. The Morgan fingerprint density at radius 3 is 2.70 bits per heavy atom. The van der Waals surface area contributed by atoms with E-state index in [0.717, 1.165) is 22.0 Å². The number of ether oxygens (including phenoxy) is 4. The molecule has 2 heterocycles. The first kappa shape index (κ1) is 23.2. The molecule has 1 aliphatic rings. The van der Waals surface area contributed by atoms with Gasteiger partial charge in [0.15, 0.2) is 0 Å². The number of nitrogens with one attached hydrogen (secondary N) is 1. The molecule has 4 rings (SSSR count). The lowest BCUT2D eigenvalue weighted by Gasteiger charge is -2.29. The summed E-state index contributed by atoms with van der Waals surface area (Å²) in [6.07, 6.45) is 4.85. The van der Waals surface area contributed by atoms with Crippen molar-refractivity contribution in [3.8, 4) is 5.75 Å². The van der Waals surface area contributed by atoms with Crippen LogP contribution >= 0.6 is 11.8 Å². The number of amides is 1. The van der Waals surface area contributed by atoms with Crippen LogP contribution in [0.3, 0.4) is 0 Å². The maximum absolute atomic E-state index is 11.5. The average molecular weight is 470 g/mol. The van der Waals surface area contributed by atoms with Crippen LogP contribution in [0.4, 0.5) is 10.5 Å². The molecule has 0 aliphatic carbocycles. The number of nitrogens with zero attached hydrogens (tertiary/aromatic N) is 2. The van der Waals surface area contributed by atoms with E-state index in [2.05, 4.69) is 10.3 Å². The molecule has 1 amide bonds. The highest BCUT2D eigenvalue weighted by Gasteiger charge is 2.43. The van der Waals surface area contributed by atoms with Gasteiger partial charge in [0.25, 0.3) is 0 Å². The van der Waals surface area contributed by atoms with Crippen LogP contribution in [-0.4, -0.2) is 47.8 Å². The zero-order valence-electron chi connectivity index (χ0n) is 18.6. The Kier molecular flexibility index (Phi) is 7.54. The molecule has 0 saturated carbocycles. The van der Waals surface area contributed by atoms with Crippen LogP contribution < -0.4 is 10.1 Å². The summed E-state index contributed by atoms with van der Waals surface area (Å²) >= 11 is 1.68. The van der Waals surface area contributed by atoms with Crippen LogP contribution in [0.1, 0.15) is 12.5 Å². The van der Waals surface area contributed by atoms with E-state index >= 15 is 0 Å². The van der Waals surface area contributed by atoms with Gasteiger partial charge >= 0.3 is 6.09 Å². The Balaban J connectivity index is 1.40. The van der Waals surface area contributed by atoms with Crippen molar-refractivity contribution < 1.29 is 23.7 Å². The van der Waals surface area contributed by atoms with Gasteiger partial charge in [-0.05, 0) is 55.5 Å². The number of hydrogen-bond donors (Lipinski definition) is 1. The smallest absolute Gasteiger partial charge is 0.411 e. The van der Waals surface area contributed by atoms with E-state index in [4.69, 9.17) is 18.9 Å². The molecule has 33 heavy (non-hydrogen) atoms. The van der Waals surface area contributed by atoms with E-state index in [1.807, 2.05) is 59.3 Å². The fourth-order valence-corrected chi connectivity index (χ4v) is 4.42. The van der Waals surface area contributed by atoms with Gasteiger partial charge in [0, 0.05) is 34.3 Å². The van der Waals surface area contributed by atoms with Gasteiger partial charge in [0.1, 0.15) is 5.75 Å². The first-order chi connectivity index (χ1) is 16.1. The normalized spacial score (nSPS) is 19.9. The number of methoxy groups -OCH3 is 1. The van der Waals surface area contributed by atoms with E-state index in [-0.39, 0.29) is 6.10 Å². The Morgan fingerprint density at radius 1 is 1.24 bits per heavy atom. The summed E-state index contributed by atoms with van der Waals surface area (Å²) in [4.78, 5) is 16.8. The third-order valence-electron chi connectivity index (χ3n) is 5.15. The minimum atomic E-state index is -0.897. The fraction of sp³-hybridized carbons (Fsp3) is 0.333. The first-order valence-corrected chi connectivity index (χ1v) is 11.7. The Morgan fingerprint density at radius 2 is 2.03 bits per heavy atom. The highest BCUT2D eigenvalue weighted by atomic mass is 32.2. The molecular formula is C24H27N3O5S. The number of rotatable bonds is 9. The van der Waals surface area contributed by atoms with Crippen molar-refractivity contribution in [3.63, 3.8) is 0 Å². The Bertz CT molecular complexity index is 1030. The summed E-state index contributed by atoms with van der Waals surface area (Å²) in [7, 11) is 1.64. The highest BCUT2D eigenvalue weighted by molar-refractivity contribution is 7.99. The van der Waals surface area contributed by atoms with Crippen LogP contribution in [-0.2, 0) is 26.5 Å². The summed E-state index contributed by atoms with van der Waals surface area (Å²) in [6, 6.07) is 15.4. The van der Waals surface area contributed by atoms with Gasteiger partial charge in [-0.25, -0.2) is 9.78 Å². The topological polar surface area (TPSA) is 83.8 Å². The number of carbonyl (C=O) groups is 1. The van der Waals surface area contributed by atoms with Crippen LogP contribution in [0.2, 0.25) is 0 Å². The first-order valence-electron chi connectivity index (χ1n) is 10.7. The lowest BCUT2D eigenvalue weighted by molar-refractivity contribution is -0.184. The van der Waals surface area contributed by atoms with Crippen molar-refractivity contribution in [2.75, 3.05) is 31.4 Å². The summed E-state index contributed by atoms with van der Waals surface area (Å²) < 4.78 is 24.9. The molecule has 9 heteroatoms. The molecular weight excluding hydrogens is 442 g/mol. The monoisotopic (exact) mass is 469 g/mol. The molecule has 1 aromatic heterocycles. The van der Waals surface area contributed by atoms with Crippen LogP contribution in [0, 0.1) is 0 Å². The van der Waals surface area contributed by atoms with Gasteiger partial charge < -0.3 is 23.5 Å². The van der Waals surface area contributed by atoms with Gasteiger partial charge in [-0.15, -0.1) is 11.8 Å². The zero-order valence-corrected chi connectivity index (χ0v) is 19.4. The van der Waals surface area contributed by atoms with Gasteiger partial charge in [-0.1, -0.05) is 0 Å². The van der Waals surface area contributed by atoms with Crippen LogP contribution in [0.5, 0.6) is 5.75 Å². The molecule has 1 aliphatic heterocycles. The lowest BCUT2D eigenvalue weighted by Crippen LogP contribution is -2.33. The summed E-state index contributed by atoms with van der Waals surface area (Å²) in [5, 5.41) is 2.69. The Labute approximate surface area is 197 Å². The van der Waals surface area contributed by atoms with Crippen LogP contribution in [0.25, 0.3) is 0 Å². The molecule has 2 aromatic carbocycles. The van der Waals surface area contributed by atoms with E-state index in [1.54, 1.807) is 38.3 Å². The molecule has 1 fully saturated rings. The summed E-state index contributed by atoms with van der Waals surface area (Å²) in [5.74, 6) is 0.612. The molecule has 0 bridgehead atoms. The Hall–Kier alpha value is -3.01. The third-order valence-corrected chi connectivity index (χ3v) is 6.30. The predicted octanol–water partition coefficient (Wildman–Crippen LogP) is 4.52. The van der Waals surface area contributed by atoms with Gasteiger partial charge in [0.05, 0.1) is 39.3 Å². The predicted molar refractivity (Wildman–Crippen MR) is 126 cm³/mol. The van der Waals surface area contributed by atoms with Gasteiger partial charge in [-0.2, -0.15) is 0 Å². The summed E-state index contributed by atoms with van der Waals surface area (Å²) in [5.41, 5.74) is 1.62. The molecule has 1 saturated heterocycles. The second-order valence-corrected chi connectivity index (χ2v) is 8.54. The largest absolute Gasteiger partial charge is 0.497 e. The van der Waals surface area contributed by atoms with E-state index in [0.29, 0.717) is 25.4 Å². The zero-order chi connectivity index (χ0) is 23.1. The van der Waals surface area contributed by atoms with Crippen molar-refractivity contribution in [2.45, 2.75) is 30.3 Å². The van der Waals surface area contributed by atoms with Crippen molar-refractivity contribution in [3.05, 3.63) is 72.8 Å². The second-order valence-electron chi connectivity index (χ2n) is 7.45. The molecule has 1 N–H and O–H groups in total. The average Bonchev–Trinajstić information content (AvgIpc) is 3.50. The molecule has 2 atom stereocenters. The molecule has 3 aromatic rings.